The molecule has 0 spiro atoms. The number of benzene rings is 1. The zero-order valence-corrected chi connectivity index (χ0v) is 13.6. The van der Waals surface area contributed by atoms with E-state index in [1.165, 1.54) is 5.56 Å². The molecule has 0 saturated heterocycles. The van der Waals surface area contributed by atoms with E-state index >= 15 is 0 Å². The van der Waals surface area contributed by atoms with Crippen molar-refractivity contribution in [3.8, 4) is 0 Å². The zero-order chi connectivity index (χ0) is 16.9. The van der Waals surface area contributed by atoms with Crippen LogP contribution in [0.5, 0.6) is 0 Å². The number of nitrogen functional groups attached to an aromatic ring is 1. The van der Waals surface area contributed by atoms with Crippen molar-refractivity contribution in [3.63, 3.8) is 0 Å². The molecule has 0 atom stereocenters. The maximum absolute atomic E-state index is 12.4. The fourth-order valence-corrected chi connectivity index (χ4v) is 2.55. The number of aromatic nitrogens is 2. The Morgan fingerprint density at radius 1 is 1.12 bits per heavy atom. The van der Waals surface area contributed by atoms with Gasteiger partial charge in [-0.3, -0.25) is 14.8 Å². The quantitative estimate of drug-likeness (QED) is 0.733. The molecule has 1 aromatic carbocycles. The minimum atomic E-state index is 0.0614. The fraction of sp³-hybridized carbons (Fsp3) is 0.211. The molecule has 0 aliphatic carbocycles. The van der Waals surface area contributed by atoms with Gasteiger partial charge < -0.3 is 10.6 Å². The Balaban J connectivity index is 1.62. The molecular formula is C19H20N4O. The Labute approximate surface area is 141 Å². The van der Waals surface area contributed by atoms with Crippen molar-refractivity contribution in [3.05, 3.63) is 66.1 Å². The second kappa shape index (κ2) is 7.08. The van der Waals surface area contributed by atoms with E-state index in [0.717, 1.165) is 23.0 Å². The average Bonchev–Trinajstić information content (AvgIpc) is 2.60. The molecule has 0 bridgehead atoms. The van der Waals surface area contributed by atoms with Crippen LogP contribution in [0.2, 0.25) is 0 Å². The number of fused-ring (bicyclic) bond motifs is 1. The highest BCUT2D eigenvalue weighted by molar-refractivity contribution is 5.83. The van der Waals surface area contributed by atoms with Crippen molar-refractivity contribution in [1.29, 1.82) is 0 Å². The molecule has 2 heterocycles. The standard InChI is InChI=1S/C19H20N4O/c1-23(11-8-14-6-9-21-10-7-14)19(24)13-17-4-2-15-12-16(20)3-5-18(15)22-17/h2-7,9-10,12H,8,11,13,20H2,1H3. The summed E-state index contributed by atoms with van der Waals surface area (Å²) in [4.78, 5) is 22.7. The van der Waals surface area contributed by atoms with Crippen LogP contribution in [0.3, 0.4) is 0 Å². The summed E-state index contributed by atoms with van der Waals surface area (Å²) in [5.74, 6) is 0.0614. The monoisotopic (exact) mass is 320 g/mol. The van der Waals surface area contributed by atoms with Gasteiger partial charge in [-0.15, -0.1) is 0 Å². The maximum Gasteiger partial charge on any atom is 0.228 e. The molecule has 0 aliphatic rings. The summed E-state index contributed by atoms with van der Waals surface area (Å²) in [5.41, 5.74) is 9.28. The number of hydrogen-bond acceptors (Lipinski definition) is 4. The predicted molar refractivity (Wildman–Crippen MR) is 95.4 cm³/mol. The van der Waals surface area contributed by atoms with Gasteiger partial charge in [-0.1, -0.05) is 6.07 Å². The van der Waals surface area contributed by atoms with Gasteiger partial charge in [0.2, 0.25) is 5.91 Å². The molecule has 0 unspecified atom stereocenters. The SMILES string of the molecule is CN(CCc1ccncc1)C(=O)Cc1ccc2cc(N)ccc2n1. The Kier molecular flexibility index (Phi) is 4.70. The van der Waals surface area contributed by atoms with Crippen LogP contribution in [0.25, 0.3) is 10.9 Å². The van der Waals surface area contributed by atoms with E-state index in [4.69, 9.17) is 5.73 Å². The third-order valence-electron chi connectivity index (χ3n) is 4.01. The number of anilines is 1. The highest BCUT2D eigenvalue weighted by Gasteiger charge is 2.11. The van der Waals surface area contributed by atoms with E-state index < -0.39 is 0 Å². The van der Waals surface area contributed by atoms with Gasteiger partial charge in [0.15, 0.2) is 0 Å². The van der Waals surface area contributed by atoms with Crippen molar-refractivity contribution in [2.45, 2.75) is 12.8 Å². The molecule has 5 nitrogen and oxygen atoms in total. The van der Waals surface area contributed by atoms with Gasteiger partial charge in [-0.25, -0.2) is 0 Å². The lowest BCUT2D eigenvalue weighted by molar-refractivity contribution is -0.129. The normalized spacial score (nSPS) is 10.7. The molecule has 3 aromatic rings. The summed E-state index contributed by atoms with van der Waals surface area (Å²) in [6, 6.07) is 13.4. The molecule has 122 valence electrons. The van der Waals surface area contributed by atoms with Crippen LogP contribution in [-0.4, -0.2) is 34.4 Å². The third-order valence-corrected chi connectivity index (χ3v) is 4.01. The van der Waals surface area contributed by atoms with Crippen LogP contribution in [0, 0.1) is 0 Å². The number of rotatable bonds is 5. The first-order valence-corrected chi connectivity index (χ1v) is 7.90. The van der Waals surface area contributed by atoms with Gasteiger partial charge in [0, 0.05) is 37.1 Å². The first-order chi connectivity index (χ1) is 11.6. The fourth-order valence-electron chi connectivity index (χ4n) is 2.55. The molecule has 2 N–H and O–H groups in total. The van der Waals surface area contributed by atoms with Crippen LogP contribution in [-0.2, 0) is 17.6 Å². The molecule has 24 heavy (non-hydrogen) atoms. The molecule has 0 fully saturated rings. The van der Waals surface area contributed by atoms with Gasteiger partial charge >= 0.3 is 0 Å². The number of carbonyl (C=O) groups is 1. The molecule has 0 saturated carbocycles. The van der Waals surface area contributed by atoms with Crippen molar-refractivity contribution in [2.24, 2.45) is 0 Å². The first-order valence-electron chi connectivity index (χ1n) is 7.90. The zero-order valence-electron chi connectivity index (χ0n) is 13.6. The van der Waals surface area contributed by atoms with Crippen LogP contribution in [0.1, 0.15) is 11.3 Å². The molecule has 3 rings (SSSR count). The van der Waals surface area contributed by atoms with Crippen LogP contribution >= 0.6 is 0 Å². The molecule has 0 radical (unpaired) electrons. The number of hydrogen-bond donors (Lipinski definition) is 1. The van der Waals surface area contributed by atoms with Crippen LogP contribution in [0.15, 0.2) is 54.9 Å². The lowest BCUT2D eigenvalue weighted by atomic mass is 10.1. The highest BCUT2D eigenvalue weighted by atomic mass is 16.2. The number of likely N-dealkylation sites (N-methyl/N-ethyl adjacent to an activating group) is 1. The van der Waals surface area contributed by atoms with E-state index in [1.807, 2.05) is 49.5 Å². The molecular weight excluding hydrogens is 300 g/mol. The second-order valence-electron chi connectivity index (χ2n) is 5.85. The number of nitrogens with zero attached hydrogens (tertiary/aromatic N) is 3. The highest BCUT2D eigenvalue weighted by Crippen LogP contribution is 2.16. The molecule has 1 amide bonds. The van der Waals surface area contributed by atoms with Crippen molar-refractivity contribution < 1.29 is 4.79 Å². The summed E-state index contributed by atoms with van der Waals surface area (Å²) in [6.45, 7) is 0.674. The lowest BCUT2D eigenvalue weighted by Crippen LogP contribution is -2.30. The Morgan fingerprint density at radius 2 is 1.92 bits per heavy atom. The smallest absolute Gasteiger partial charge is 0.228 e. The van der Waals surface area contributed by atoms with E-state index in [2.05, 4.69) is 9.97 Å². The lowest BCUT2D eigenvalue weighted by Gasteiger charge is -2.17. The van der Waals surface area contributed by atoms with Gasteiger partial charge in [0.25, 0.3) is 0 Å². The largest absolute Gasteiger partial charge is 0.399 e. The molecule has 0 aliphatic heterocycles. The first kappa shape index (κ1) is 15.9. The third kappa shape index (κ3) is 3.87. The van der Waals surface area contributed by atoms with Crippen molar-refractivity contribution >= 4 is 22.5 Å². The number of amides is 1. The van der Waals surface area contributed by atoms with E-state index in [-0.39, 0.29) is 5.91 Å². The topological polar surface area (TPSA) is 72.1 Å². The minimum absolute atomic E-state index is 0.0614. The van der Waals surface area contributed by atoms with Crippen LogP contribution in [0.4, 0.5) is 5.69 Å². The minimum Gasteiger partial charge on any atom is -0.399 e. The number of carbonyl (C=O) groups excluding carboxylic acids is 1. The Morgan fingerprint density at radius 3 is 2.71 bits per heavy atom. The van der Waals surface area contributed by atoms with E-state index in [0.29, 0.717) is 18.7 Å². The maximum atomic E-state index is 12.4. The molecule has 5 heteroatoms. The summed E-state index contributed by atoms with van der Waals surface area (Å²) in [7, 11) is 1.82. The van der Waals surface area contributed by atoms with Crippen molar-refractivity contribution in [1.82, 2.24) is 14.9 Å². The average molecular weight is 320 g/mol. The second-order valence-corrected chi connectivity index (χ2v) is 5.85. The number of pyridine rings is 2. The van der Waals surface area contributed by atoms with Crippen LogP contribution < -0.4 is 5.73 Å². The van der Waals surface area contributed by atoms with E-state index in [1.54, 1.807) is 17.3 Å². The predicted octanol–water partition coefficient (Wildman–Crippen LogP) is 2.46. The molecule has 2 aromatic heterocycles. The Bertz CT molecular complexity index is 848. The van der Waals surface area contributed by atoms with Gasteiger partial charge in [0.05, 0.1) is 17.6 Å². The van der Waals surface area contributed by atoms with E-state index in [9.17, 15) is 4.79 Å². The van der Waals surface area contributed by atoms with Gasteiger partial charge in [-0.05, 0) is 48.4 Å². The number of nitrogens with two attached hydrogens (primary N) is 1. The summed E-state index contributed by atoms with van der Waals surface area (Å²) >= 11 is 0. The summed E-state index contributed by atoms with van der Waals surface area (Å²) < 4.78 is 0. The van der Waals surface area contributed by atoms with Gasteiger partial charge in [0.1, 0.15) is 0 Å². The van der Waals surface area contributed by atoms with Gasteiger partial charge in [-0.2, -0.15) is 0 Å². The van der Waals surface area contributed by atoms with Crippen molar-refractivity contribution in [2.75, 3.05) is 19.3 Å². The Hall–Kier alpha value is -2.95. The summed E-state index contributed by atoms with van der Waals surface area (Å²) in [5, 5.41) is 0.984. The summed E-state index contributed by atoms with van der Waals surface area (Å²) in [6.07, 6.45) is 4.65.